The molecule has 0 atom stereocenters. The van der Waals surface area contributed by atoms with Gasteiger partial charge in [0.05, 0.1) is 16.8 Å². The van der Waals surface area contributed by atoms with Gasteiger partial charge in [-0.2, -0.15) is 8.42 Å². The highest BCUT2D eigenvalue weighted by Gasteiger charge is 2.23. The second kappa shape index (κ2) is 5.31. The van der Waals surface area contributed by atoms with Gasteiger partial charge >= 0.3 is 7.60 Å². The summed E-state index contributed by atoms with van der Waals surface area (Å²) in [7, 11) is -13.1. The molecule has 0 aromatic heterocycles. The third-order valence-corrected chi connectivity index (χ3v) is 5.65. The lowest BCUT2D eigenvalue weighted by Crippen LogP contribution is -2.11. The fraction of sp³-hybridized carbons (Fsp3) is 0.250. The monoisotopic (exact) mass is 329 g/mol. The average molecular weight is 329 g/mol. The second-order valence-corrected chi connectivity index (χ2v) is 8.85. The largest absolute Gasteiger partial charge is 0.326 e. The fourth-order valence-corrected chi connectivity index (χ4v) is 4.41. The molecule has 0 saturated heterocycles. The van der Waals surface area contributed by atoms with Gasteiger partial charge in [0.1, 0.15) is 4.90 Å². The van der Waals surface area contributed by atoms with E-state index in [1.807, 2.05) is 0 Å². The predicted octanol–water partition coefficient (Wildman–Crippen LogP) is -0.315. The summed E-state index contributed by atoms with van der Waals surface area (Å²) in [6.45, 7) is 0. The second-order valence-electron chi connectivity index (χ2n) is 3.57. The lowest BCUT2D eigenvalue weighted by atomic mass is 10.4. The molecule has 11 heteroatoms. The van der Waals surface area contributed by atoms with Crippen molar-refractivity contribution >= 4 is 27.6 Å². The number of hydrogen-bond acceptors (Lipinski definition) is 5. The molecule has 3 N–H and O–H groups in total. The highest BCUT2D eigenvalue weighted by atomic mass is 32.2. The normalized spacial score (nSPS) is 13.4. The van der Waals surface area contributed by atoms with Crippen LogP contribution in [0.1, 0.15) is 0 Å². The SMILES string of the molecule is O=P(O)(O)CCS(=O)(=O)c1cc[c]c(S(=O)(=O)O)c1. The van der Waals surface area contributed by atoms with E-state index in [0.717, 1.165) is 12.1 Å². The molecule has 0 amide bonds. The van der Waals surface area contributed by atoms with E-state index in [2.05, 4.69) is 6.07 Å². The van der Waals surface area contributed by atoms with Gasteiger partial charge in [0, 0.05) is 6.07 Å². The van der Waals surface area contributed by atoms with Crippen molar-refractivity contribution in [3.05, 3.63) is 24.3 Å². The third-order valence-electron chi connectivity index (χ3n) is 2.03. The van der Waals surface area contributed by atoms with Gasteiger partial charge in [-0.15, -0.1) is 0 Å². The van der Waals surface area contributed by atoms with Crippen LogP contribution >= 0.6 is 7.60 Å². The van der Waals surface area contributed by atoms with E-state index >= 15 is 0 Å². The van der Waals surface area contributed by atoms with Crippen molar-refractivity contribution in [3.63, 3.8) is 0 Å². The Morgan fingerprint density at radius 2 is 1.79 bits per heavy atom. The molecule has 0 aliphatic carbocycles. The summed E-state index contributed by atoms with van der Waals surface area (Å²) in [6, 6.07) is 4.81. The highest BCUT2D eigenvalue weighted by molar-refractivity contribution is 7.91. The van der Waals surface area contributed by atoms with Crippen LogP contribution in [-0.4, -0.2) is 43.1 Å². The van der Waals surface area contributed by atoms with Crippen LogP contribution in [0.3, 0.4) is 0 Å². The van der Waals surface area contributed by atoms with Gasteiger partial charge in [-0.25, -0.2) is 8.42 Å². The van der Waals surface area contributed by atoms with Crippen molar-refractivity contribution in [2.45, 2.75) is 9.79 Å². The minimum Gasteiger partial charge on any atom is -0.324 e. The molecule has 1 rings (SSSR count). The molecule has 107 valence electrons. The Morgan fingerprint density at radius 1 is 1.21 bits per heavy atom. The first-order valence-electron chi connectivity index (χ1n) is 4.68. The molecule has 1 radical (unpaired) electrons. The lowest BCUT2D eigenvalue weighted by Gasteiger charge is -2.06. The number of sulfone groups is 1. The molecule has 1 aromatic rings. The molecule has 0 fully saturated rings. The van der Waals surface area contributed by atoms with Gasteiger partial charge < -0.3 is 9.79 Å². The highest BCUT2D eigenvalue weighted by Crippen LogP contribution is 2.34. The Morgan fingerprint density at radius 3 is 2.26 bits per heavy atom. The van der Waals surface area contributed by atoms with Crippen LogP contribution in [0.4, 0.5) is 0 Å². The van der Waals surface area contributed by atoms with Crippen LogP contribution in [0, 0.1) is 6.07 Å². The van der Waals surface area contributed by atoms with Gasteiger partial charge in [-0.05, 0) is 12.1 Å². The van der Waals surface area contributed by atoms with E-state index in [0.29, 0.717) is 6.07 Å². The van der Waals surface area contributed by atoms with Crippen molar-refractivity contribution in [1.82, 2.24) is 0 Å². The van der Waals surface area contributed by atoms with Gasteiger partial charge in [0.25, 0.3) is 10.1 Å². The van der Waals surface area contributed by atoms with Crippen LogP contribution in [-0.2, 0) is 24.5 Å². The Labute approximate surface area is 109 Å². The Bertz CT molecular complexity index is 715. The Balaban J connectivity index is 3.13. The lowest BCUT2D eigenvalue weighted by molar-refractivity contribution is 0.374. The molecule has 0 saturated carbocycles. The minimum absolute atomic E-state index is 0.465. The maximum atomic E-state index is 11.7. The smallest absolute Gasteiger partial charge is 0.324 e. The van der Waals surface area contributed by atoms with Crippen LogP contribution in [0.5, 0.6) is 0 Å². The summed E-state index contributed by atoms with van der Waals surface area (Å²) in [6.07, 6.45) is -0.880. The van der Waals surface area contributed by atoms with E-state index in [1.54, 1.807) is 0 Å². The van der Waals surface area contributed by atoms with E-state index in [-0.39, 0.29) is 0 Å². The number of benzene rings is 1. The zero-order chi connectivity index (χ0) is 14.9. The summed E-state index contributed by atoms with van der Waals surface area (Å²) >= 11 is 0. The third kappa shape index (κ3) is 5.01. The van der Waals surface area contributed by atoms with Crippen LogP contribution in [0.15, 0.2) is 28.0 Å². The molecule has 1 aromatic carbocycles. The van der Waals surface area contributed by atoms with E-state index in [9.17, 15) is 21.4 Å². The van der Waals surface area contributed by atoms with Crippen molar-refractivity contribution < 1.29 is 35.7 Å². The quantitative estimate of drug-likeness (QED) is 0.492. The van der Waals surface area contributed by atoms with E-state index < -0.39 is 49.3 Å². The number of rotatable bonds is 5. The molecular formula is C8H10O8PS2. The maximum absolute atomic E-state index is 11.7. The van der Waals surface area contributed by atoms with Crippen molar-refractivity contribution in [2.24, 2.45) is 0 Å². The van der Waals surface area contributed by atoms with Gasteiger partial charge in [0.2, 0.25) is 0 Å². The molecule has 0 bridgehead atoms. The minimum atomic E-state index is -4.60. The summed E-state index contributed by atoms with van der Waals surface area (Å²) in [5.74, 6) is -0.841. The average Bonchev–Trinajstić information content (AvgIpc) is 2.25. The van der Waals surface area contributed by atoms with Gasteiger partial charge in [0.15, 0.2) is 9.84 Å². The van der Waals surface area contributed by atoms with Crippen molar-refractivity contribution in [2.75, 3.05) is 11.9 Å². The first kappa shape index (κ1) is 16.3. The topological polar surface area (TPSA) is 146 Å². The molecule has 19 heavy (non-hydrogen) atoms. The van der Waals surface area contributed by atoms with Crippen LogP contribution in [0.25, 0.3) is 0 Å². The molecule has 0 aliphatic heterocycles. The van der Waals surface area contributed by atoms with Crippen LogP contribution < -0.4 is 0 Å². The number of hydrogen-bond donors (Lipinski definition) is 3. The molecule has 0 unspecified atom stereocenters. The van der Waals surface area contributed by atoms with E-state index in [4.69, 9.17) is 14.3 Å². The Hall–Kier alpha value is -0.770. The molecule has 8 nitrogen and oxygen atoms in total. The first-order chi connectivity index (χ1) is 8.42. The zero-order valence-corrected chi connectivity index (χ0v) is 11.8. The maximum Gasteiger partial charge on any atom is 0.326 e. The van der Waals surface area contributed by atoms with Crippen molar-refractivity contribution in [1.29, 1.82) is 0 Å². The fourth-order valence-electron chi connectivity index (χ4n) is 1.12. The molecule has 0 aliphatic rings. The summed E-state index contributed by atoms with van der Waals surface area (Å²) in [4.78, 5) is 16.0. The van der Waals surface area contributed by atoms with E-state index in [1.165, 1.54) is 0 Å². The summed E-state index contributed by atoms with van der Waals surface area (Å²) in [5, 5.41) is 0. The predicted molar refractivity (Wildman–Crippen MR) is 64.1 cm³/mol. The molecular weight excluding hydrogens is 319 g/mol. The zero-order valence-electron chi connectivity index (χ0n) is 9.29. The van der Waals surface area contributed by atoms with Gasteiger partial charge in [-0.3, -0.25) is 9.12 Å². The first-order valence-corrected chi connectivity index (χ1v) is 9.57. The standard InChI is InChI=1S/C8H10O8PS2/c9-17(10,11)4-5-18(12,13)7-2-1-3-8(6-7)19(14,15)16/h1-2,6H,4-5H2,(H2,9,10,11)(H,14,15,16). The Kier molecular flexibility index (Phi) is 4.55. The summed E-state index contributed by atoms with van der Waals surface area (Å²) in [5.41, 5.74) is 0. The molecule has 0 spiro atoms. The summed E-state index contributed by atoms with van der Waals surface area (Å²) < 4.78 is 64.5. The van der Waals surface area contributed by atoms with Crippen LogP contribution in [0.2, 0.25) is 0 Å². The van der Waals surface area contributed by atoms with Crippen molar-refractivity contribution in [3.8, 4) is 0 Å². The van der Waals surface area contributed by atoms with Gasteiger partial charge in [-0.1, -0.05) is 6.07 Å². The molecule has 0 heterocycles.